The van der Waals surface area contributed by atoms with Crippen LogP contribution >= 0.6 is 0 Å². The second-order valence-electron chi connectivity index (χ2n) is 5.79. The summed E-state index contributed by atoms with van der Waals surface area (Å²) in [5.74, 6) is -0.574. The van der Waals surface area contributed by atoms with Crippen molar-refractivity contribution in [1.82, 2.24) is 4.90 Å². The molecule has 0 aliphatic carbocycles. The predicted molar refractivity (Wildman–Crippen MR) is 81.1 cm³/mol. The van der Waals surface area contributed by atoms with Crippen molar-refractivity contribution in [3.63, 3.8) is 0 Å². The van der Waals surface area contributed by atoms with E-state index in [1.54, 1.807) is 4.90 Å². The van der Waals surface area contributed by atoms with Crippen LogP contribution < -0.4 is 11.5 Å². The topological polar surface area (TPSA) is 89.4 Å². The number of likely N-dealkylation sites (tertiary alicyclic amines) is 1. The van der Waals surface area contributed by atoms with Gasteiger partial charge in [0.05, 0.1) is 5.92 Å². The van der Waals surface area contributed by atoms with E-state index in [1.165, 1.54) is 0 Å². The Morgan fingerprint density at radius 2 is 1.95 bits per heavy atom. The number of nitrogens with two attached hydrogens (primary N) is 2. The molecule has 2 amide bonds. The van der Waals surface area contributed by atoms with E-state index in [2.05, 4.69) is 0 Å². The molecule has 1 aromatic carbocycles. The molecule has 0 saturated carbocycles. The molecule has 0 unspecified atom stereocenters. The van der Waals surface area contributed by atoms with Crippen molar-refractivity contribution in [1.29, 1.82) is 0 Å². The van der Waals surface area contributed by atoms with Crippen LogP contribution in [0.15, 0.2) is 30.3 Å². The monoisotopic (exact) mass is 289 g/mol. The van der Waals surface area contributed by atoms with Gasteiger partial charge in [-0.25, -0.2) is 0 Å². The lowest BCUT2D eigenvalue weighted by Gasteiger charge is -2.37. The Labute approximate surface area is 125 Å². The van der Waals surface area contributed by atoms with E-state index in [1.807, 2.05) is 37.3 Å². The Bertz CT molecular complexity index is 504. The third-order valence-corrected chi connectivity index (χ3v) is 4.23. The predicted octanol–water partition coefficient (Wildman–Crippen LogP) is 1.19. The van der Waals surface area contributed by atoms with Gasteiger partial charge in [-0.15, -0.1) is 0 Å². The highest BCUT2D eigenvalue weighted by molar-refractivity contribution is 5.80. The molecule has 0 aromatic heterocycles. The van der Waals surface area contributed by atoms with E-state index in [9.17, 15) is 9.59 Å². The highest BCUT2D eigenvalue weighted by Crippen LogP contribution is 2.24. The van der Waals surface area contributed by atoms with Crippen LogP contribution in [0.2, 0.25) is 0 Å². The average molecular weight is 289 g/mol. The van der Waals surface area contributed by atoms with Gasteiger partial charge in [-0.1, -0.05) is 30.3 Å². The molecule has 4 N–H and O–H groups in total. The lowest BCUT2D eigenvalue weighted by Crippen LogP contribution is -2.49. The Balaban J connectivity index is 2.00. The molecule has 1 aromatic rings. The number of nitrogens with zero attached hydrogens (tertiary/aromatic N) is 1. The molecular weight excluding hydrogens is 266 g/mol. The molecule has 1 aliphatic heterocycles. The van der Waals surface area contributed by atoms with Crippen LogP contribution in [0.3, 0.4) is 0 Å². The van der Waals surface area contributed by atoms with E-state index in [0.29, 0.717) is 6.54 Å². The summed E-state index contributed by atoms with van der Waals surface area (Å²) in [4.78, 5) is 25.5. The number of carbonyl (C=O) groups excluding carboxylic acids is 2. The van der Waals surface area contributed by atoms with Crippen molar-refractivity contribution in [3.05, 3.63) is 35.9 Å². The summed E-state index contributed by atoms with van der Waals surface area (Å²) in [6.45, 7) is 2.42. The Morgan fingerprint density at radius 3 is 2.57 bits per heavy atom. The van der Waals surface area contributed by atoms with Gasteiger partial charge in [0, 0.05) is 25.0 Å². The summed E-state index contributed by atoms with van der Waals surface area (Å²) in [5, 5.41) is 0. The van der Waals surface area contributed by atoms with Crippen molar-refractivity contribution >= 4 is 11.8 Å². The van der Waals surface area contributed by atoms with E-state index in [-0.39, 0.29) is 36.2 Å². The second kappa shape index (κ2) is 6.72. The first-order chi connectivity index (χ1) is 9.99. The van der Waals surface area contributed by atoms with Crippen LogP contribution in [-0.4, -0.2) is 29.3 Å². The number of carbonyl (C=O) groups is 2. The zero-order valence-electron chi connectivity index (χ0n) is 12.4. The maximum absolute atomic E-state index is 12.5. The van der Waals surface area contributed by atoms with Crippen molar-refractivity contribution in [2.75, 3.05) is 6.54 Å². The number of hydrogen-bond donors (Lipinski definition) is 2. The largest absolute Gasteiger partial charge is 0.369 e. The normalized spacial score (nSPS) is 23.6. The Kier molecular flexibility index (Phi) is 4.96. The first-order valence-corrected chi connectivity index (χ1v) is 7.38. The summed E-state index contributed by atoms with van der Waals surface area (Å²) in [6.07, 6.45) is 1.81. The maximum atomic E-state index is 12.5. The lowest BCUT2D eigenvalue weighted by atomic mass is 9.92. The first-order valence-electron chi connectivity index (χ1n) is 7.38. The smallest absolute Gasteiger partial charge is 0.224 e. The Hall–Kier alpha value is -1.88. The molecule has 114 valence electrons. The Morgan fingerprint density at radius 1 is 1.29 bits per heavy atom. The quantitative estimate of drug-likeness (QED) is 0.872. The van der Waals surface area contributed by atoms with Gasteiger partial charge in [0.25, 0.3) is 0 Å². The third kappa shape index (κ3) is 3.82. The van der Waals surface area contributed by atoms with Gasteiger partial charge >= 0.3 is 0 Å². The minimum absolute atomic E-state index is 0.00944. The lowest BCUT2D eigenvalue weighted by molar-refractivity contribution is -0.137. The van der Waals surface area contributed by atoms with Gasteiger partial charge in [-0.3, -0.25) is 9.59 Å². The van der Waals surface area contributed by atoms with Crippen molar-refractivity contribution in [2.24, 2.45) is 17.4 Å². The van der Waals surface area contributed by atoms with E-state index in [4.69, 9.17) is 11.5 Å². The van der Waals surface area contributed by atoms with E-state index >= 15 is 0 Å². The van der Waals surface area contributed by atoms with Gasteiger partial charge in [-0.05, 0) is 25.3 Å². The molecule has 5 heteroatoms. The molecule has 5 nitrogen and oxygen atoms in total. The fourth-order valence-electron chi connectivity index (χ4n) is 2.81. The molecule has 2 rings (SSSR count). The number of piperidine rings is 1. The van der Waals surface area contributed by atoms with Crippen molar-refractivity contribution in [2.45, 2.75) is 38.3 Å². The van der Waals surface area contributed by atoms with Gasteiger partial charge < -0.3 is 16.4 Å². The molecule has 1 saturated heterocycles. The molecular formula is C16H23N3O2. The number of hydrogen-bond acceptors (Lipinski definition) is 3. The standard InChI is InChI=1S/C16H23N3O2/c1-11-7-8-13(16(18)21)10-19(11)15(20)9-14(17)12-5-3-2-4-6-12/h2-6,11,13-14H,7-10,17H2,1H3,(H2,18,21)/t11-,13-,14-/m1/s1. The van der Waals surface area contributed by atoms with E-state index < -0.39 is 0 Å². The molecule has 1 fully saturated rings. The van der Waals surface area contributed by atoms with Crippen LogP contribution in [-0.2, 0) is 9.59 Å². The van der Waals surface area contributed by atoms with E-state index in [0.717, 1.165) is 18.4 Å². The minimum atomic E-state index is -0.327. The number of amides is 2. The SMILES string of the molecule is C[C@@H]1CC[C@@H](C(N)=O)CN1C(=O)C[C@@H](N)c1ccccc1. The highest BCUT2D eigenvalue weighted by atomic mass is 16.2. The summed E-state index contributed by atoms with van der Waals surface area (Å²) < 4.78 is 0. The number of rotatable bonds is 4. The minimum Gasteiger partial charge on any atom is -0.369 e. The van der Waals surface area contributed by atoms with Crippen LogP contribution in [0.25, 0.3) is 0 Å². The van der Waals surface area contributed by atoms with Crippen LogP contribution in [0.5, 0.6) is 0 Å². The molecule has 0 spiro atoms. The van der Waals surface area contributed by atoms with Crippen LogP contribution in [0.4, 0.5) is 0 Å². The third-order valence-electron chi connectivity index (χ3n) is 4.23. The highest BCUT2D eigenvalue weighted by Gasteiger charge is 2.32. The van der Waals surface area contributed by atoms with Crippen LogP contribution in [0, 0.1) is 5.92 Å². The first kappa shape index (κ1) is 15.5. The number of benzene rings is 1. The molecule has 1 heterocycles. The average Bonchev–Trinajstić information content (AvgIpc) is 2.48. The van der Waals surface area contributed by atoms with Crippen LogP contribution in [0.1, 0.15) is 37.8 Å². The molecule has 0 bridgehead atoms. The summed E-state index contributed by atoms with van der Waals surface area (Å²) in [5.41, 5.74) is 12.4. The molecule has 3 atom stereocenters. The zero-order chi connectivity index (χ0) is 15.4. The maximum Gasteiger partial charge on any atom is 0.224 e. The van der Waals surface area contributed by atoms with Gasteiger partial charge in [0.1, 0.15) is 0 Å². The molecule has 1 aliphatic rings. The fraction of sp³-hybridized carbons (Fsp3) is 0.500. The molecule has 21 heavy (non-hydrogen) atoms. The zero-order valence-corrected chi connectivity index (χ0v) is 12.4. The van der Waals surface area contributed by atoms with Gasteiger partial charge in [0.2, 0.25) is 11.8 Å². The fourth-order valence-corrected chi connectivity index (χ4v) is 2.81. The van der Waals surface area contributed by atoms with Gasteiger partial charge in [-0.2, -0.15) is 0 Å². The number of primary amides is 1. The summed E-state index contributed by atoms with van der Waals surface area (Å²) in [7, 11) is 0. The van der Waals surface area contributed by atoms with Crippen molar-refractivity contribution in [3.8, 4) is 0 Å². The molecule has 0 radical (unpaired) electrons. The van der Waals surface area contributed by atoms with Gasteiger partial charge in [0.15, 0.2) is 0 Å². The summed E-state index contributed by atoms with van der Waals surface area (Å²) >= 11 is 0. The second-order valence-corrected chi connectivity index (χ2v) is 5.79. The summed E-state index contributed by atoms with van der Waals surface area (Å²) in [6, 6.07) is 9.39. The van der Waals surface area contributed by atoms with Crippen molar-refractivity contribution < 1.29 is 9.59 Å².